The number of benzene rings is 2. The van der Waals surface area contributed by atoms with Crippen LogP contribution in [0, 0.1) is 5.82 Å². The van der Waals surface area contributed by atoms with Crippen LogP contribution in [0.3, 0.4) is 0 Å². The number of halogens is 4. The zero-order valence-corrected chi connectivity index (χ0v) is 20.7. The Hall–Kier alpha value is -3.57. The van der Waals surface area contributed by atoms with Crippen LogP contribution in [0.25, 0.3) is 11.3 Å². The molecule has 0 aliphatic carbocycles. The molecule has 1 heterocycles. The maximum atomic E-state index is 13.7. The van der Waals surface area contributed by atoms with Crippen LogP contribution >= 0.6 is 11.6 Å². The largest absolute Gasteiger partial charge is 0.447 e. The van der Waals surface area contributed by atoms with Crippen LogP contribution in [0.2, 0.25) is 5.02 Å². The van der Waals surface area contributed by atoms with Gasteiger partial charge in [-0.15, -0.1) is 0 Å². The van der Waals surface area contributed by atoms with Gasteiger partial charge in [-0.3, -0.25) is 10.1 Å². The molecule has 3 aromatic rings. The summed E-state index contributed by atoms with van der Waals surface area (Å²) < 4.78 is 49.2. The Morgan fingerprint density at radius 2 is 1.89 bits per heavy atom. The summed E-state index contributed by atoms with van der Waals surface area (Å²) in [6, 6.07) is 14.3. The van der Waals surface area contributed by atoms with Crippen molar-refractivity contribution in [3.05, 3.63) is 71.0 Å². The first-order chi connectivity index (χ1) is 17.7. The van der Waals surface area contributed by atoms with Crippen LogP contribution < -0.4 is 10.6 Å². The number of hydrogen-bond donors (Lipinski definition) is 2. The smallest absolute Gasteiger partial charge is 0.414 e. The first-order valence-corrected chi connectivity index (χ1v) is 11.8. The molecule has 2 N–H and O–H groups in total. The van der Waals surface area contributed by atoms with Crippen molar-refractivity contribution in [3.8, 4) is 11.3 Å². The average molecular weight is 539 g/mol. The minimum Gasteiger partial charge on any atom is -0.447 e. The van der Waals surface area contributed by atoms with E-state index in [9.17, 15) is 22.8 Å². The maximum absolute atomic E-state index is 13.7. The number of aryl methyl sites for hydroxylation is 1. The summed E-state index contributed by atoms with van der Waals surface area (Å²) in [6.45, 7) is -0.935. The molecule has 3 rings (SSSR count). The molecule has 0 aliphatic rings. The number of alkyl halides is 2. The van der Waals surface area contributed by atoms with Gasteiger partial charge in [0.2, 0.25) is 11.8 Å². The fourth-order valence-corrected chi connectivity index (χ4v) is 3.64. The molecule has 0 bridgehead atoms. The highest BCUT2D eigenvalue weighted by Gasteiger charge is 2.23. The Morgan fingerprint density at radius 1 is 1.14 bits per heavy atom. The number of nitrogens with one attached hydrogen (secondary N) is 2. The van der Waals surface area contributed by atoms with Gasteiger partial charge < -0.3 is 19.5 Å². The van der Waals surface area contributed by atoms with Gasteiger partial charge in [0.25, 0.3) is 6.43 Å². The van der Waals surface area contributed by atoms with Gasteiger partial charge in [0.15, 0.2) is 0 Å². The summed E-state index contributed by atoms with van der Waals surface area (Å²) in [6.07, 6.45) is -3.31. The van der Waals surface area contributed by atoms with Gasteiger partial charge in [-0.05, 0) is 18.1 Å². The van der Waals surface area contributed by atoms with E-state index in [2.05, 4.69) is 15.8 Å². The monoisotopic (exact) mass is 538 g/mol. The maximum Gasteiger partial charge on any atom is 0.414 e. The lowest BCUT2D eigenvalue weighted by atomic mass is 10.1. The van der Waals surface area contributed by atoms with Gasteiger partial charge in [-0.25, -0.2) is 18.0 Å². The molecular weight excluding hydrogens is 513 g/mol. The summed E-state index contributed by atoms with van der Waals surface area (Å²) >= 11 is 5.95. The number of carbonyl (C=O) groups is 2. The molecular formula is C25H26ClF3N4O4. The minimum absolute atomic E-state index is 0.0163. The Balaban J connectivity index is 1.56. The fourth-order valence-electron chi connectivity index (χ4n) is 3.42. The van der Waals surface area contributed by atoms with Crippen LogP contribution in [-0.2, 0) is 16.0 Å². The molecule has 0 saturated heterocycles. The number of carbonyl (C=O) groups excluding carboxylic acids is 2. The summed E-state index contributed by atoms with van der Waals surface area (Å²) in [5, 5.41) is 8.78. The second-order valence-corrected chi connectivity index (χ2v) is 8.46. The third kappa shape index (κ3) is 8.50. The molecule has 198 valence electrons. The molecule has 8 nitrogen and oxygen atoms in total. The highest BCUT2D eigenvalue weighted by molar-refractivity contribution is 6.31. The normalized spacial score (nSPS) is 11.8. The standard InChI is InChI=1S/C25H26ClF3N4O4/c1-33(23(34)11-10-17-8-5-9-19(27)24(17)26)18(13-30-14-21(28)29)15-36-25(35)31-22-12-20(32-37-22)16-6-3-2-4-7-16/h2-9,12,18,21,30H,10-11,13-15H2,1H3,(H,31,35)/t18-/m0/s1. The van der Waals surface area contributed by atoms with E-state index in [0.29, 0.717) is 11.3 Å². The van der Waals surface area contributed by atoms with Crippen LogP contribution in [0.15, 0.2) is 59.1 Å². The Bertz CT molecular complexity index is 1180. The van der Waals surface area contributed by atoms with Gasteiger partial charge in [0.05, 0.1) is 17.6 Å². The summed E-state index contributed by atoms with van der Waals surface area (Å²) in [5.74, 6) is -0.903. The third-order valence-corrected chi connectivity index (χ3v) is 5.89. The van der Waals surface area contributed by atoms with Crippen molar-refractivity contribution in [1.29, 1.82) is 0 Å². The molecule has 37 heavy (non-hydrogen) atoms. The minimum atomic E-state index is -2.59. The van der Waals surface area contributed by atoms with E-state index in [1.807, 2.05) is 30.3 Å². The molecule has 1 aromatic heterocycles. The van der Waals surface area contributed by atoms with E-state index in [0.717, 1.165) is 5.56 Å². The van der Waals surface area contributed by atoms with Gasteiger partial charge >= 0.3 is 6.09 Å². The van der Waals surface area contributed by atoms with Crippen molar-refractivity contribution < 1.29 is 32.0 Å². The van der Waals surface area contributed by atoms with Crippen molar-refractivity contribution in [3.63, 3.8) is 0 Å². The number of anilines is 1. The molecule has 12 heteroatoms. The number of rotatable bonds is 12. The third-order valence-electron chi connectivity index (χ3n) is 5.47. The van der Waals surface area contributed by atoms with E-state index in [1.165, 1.54) is 30.1 Å². The van der Waals surface area contributed by atoms with Crippen molar-refractivity contribution in [1.82, 2.24) is 15.4 Å². The predicted molar refractivity (Wildman–Crippen MR) is 132 cm³/mol. The van der Waals surface area contributed by atoms with Crippen molar-refractivity contribution >= 4 is 29.5 Å². The molecule has 1 atom stereocenters. The van der Waals surface area contributed by atoms with E-state index in [-0.39, 0.29) is 42.8 Å². The number of aromatic nitrogens is 1. The number of amides is 2. The SMILES string of the molecule is CN(C(=O)CCc1cccc(F)c1Cl)[C@@H](CNCC(F)F)COC(=O)Nc1cc(-c2ccccc2)no1. The van der Waals surface area contributed by atoms with E-state index < -0.39 is 30.9 Å². The summed E-state index contributed by atoms with van der Waals surface area (Å²) in [5.41, 5.74) is 1.76. The summed E-state index contributed by atoms with van der Waals surface area (Å²) in [7, 11) is 1.47. The summed E-state index contributed by atoms with van der Waals surface area (Å²) in [4.78, 5) is 26.4. The number of likely N-dealkylation sites (N-methyl/N-ethyl adjacent to an activating group) is 1. The van der Waals surface area contributed by atoms with Crippen LogP contribution in [0.4, 0.5) is 23.8 Å². The molecule has 0 spiro atoms. The van der Waals surface area contributed by atoms with Crippen LogP contribution in [0.1, 0.15) is 12.0 Å². The highest BCUT2D eigenvalue weighted by atomic mass is 35.5. The van der Waals surface area contributed by atoms with Crippen LogP contribution in [-0.4, -0.2) is 61.3 Å². The molecule has 0 unspecified atom stereocenters. The molecule has 0 aliphatic heterocycles. The van der Waals surface area contributed by atoms with Gasteiger partial charge in [-0.1, -0.05) is 59.2 Å². The zero-order chi connectivity index (χ0) is 26.8. The highest BCUT2D eigenvalue weighted by Crippen LogP contribution is 2.22. The Labute approximate surface area is 216 Å². The molecule has 2 aromatic carbocycles. The van der Waals surface area contributed by atoms with E-state index in [1.54, 1.807) is 6.07 Å². The quantitative estimate of drug-likeness (QED) is 0.337. The van der Waals surface area contributed by atoms with Gasteiger partial charge in [0, 0.05) is 31.6 Å². The lowest BCUT2D eigenvalue weighted by molar-refractivity contribution is -0.132. The first kappa shape index (κ1) is 28.0. The number of ether oxygens (including phenoxy) is 1. The second-order valence-electron chi connectivity index (χ2n) is 8.09. The van der Waals surface area contributed by atoms with Crippen molar-refractivity contribution in [2.45, 2.75) is 25.3 Å². The first-order valence-electron chi connectivity index (χ1n) is 11.4. The Morgan fingerprint density at radius 3 is 2.62 bits per heavy atom. The van der Waals surface area contributed by atoms with Crippen molar-refractivity contribution in [2.24, 2.45) is 0 Å². The van der Waals surface area contributed by atoms with Gasteiger partial charge in [-0.2, -0.15) is 0 Å². The van der Waals surface area contributed by atoms with Gasteiger partial charge in [0.1, 0.15) is 18.1 Å². The zero-order valence-electron chi connectivity index (χ0n) is 19.9. The lowest BCUT2D eigenvalue weighted by Gasteiger charge is -2.28. The average Bonchev–Trinajstić information content (AvgIpc) is 3.35. The number of hydrogen-bond acceptors (Lipinski definition) is 6. The second kappa shape index (κ2) is 13.7. The van der Waals surface area contributed by atoms with E-state index in [4.69, 9.17) is 20.9 Å². The fraction of sp³-hybridized carbons (Fsp3) is 0.320. The molecule has 2 amide bonds. The molecule has 0 radical (unpaired) electrons. The predicted octanol–water partition coefficient (Wildman–Crippen LogP) is 5.00. The molecule has 0 fully saturated rings. The van der Waals surface area contributed by atoms with E-state index >= 15 is 0 Å². The molecule has 0 saturated carbocycles. The lowest BCUT2D eigenvalue weighted by Crippen LogP contribution is -2.47. The van der Waals surface area contributed by atoms with Crippen LogP contribution in [0.5, 0.6) is 0 Å². The Kier molecular flexibility index (Phi) is 10.3. The topological polar surface area (TPSA) is 96.7 Å². The van der Waals surface area contributed by atoms with Crippen molar-refractivity contribution in [2.75, 3.05) is 32.1 Å². The number of nitrogens with zero attached hydrogens (tertiary/aromatic N) is 2.